The molecule has 0 aromatic heterocycles. The predicted molar refractivity (Wildman–Crippen MR) is 84.8 cm³/mol. The van der Waals surface area contributed by atoms with Gasteiger partial charge in [-0.15, -0.1) is 0 Å². The SMILES string of the molecule is C[C@H](NC(=O)NC[C@@H]1CC[C@@H](O)C1)c1ccc(Cl)cc1Cl. The molecule has 0 unspecified atom stereocenters. The highest BCUT2D eigenvalue weighted by Crippen LogP contribution is 2.26. The summed E-state index contributed by atoms with van der Waals surface area (Å²) in [5.41, 5.74) is 0.826. The molecule has 1 aromatic rings. The molecule has 3 N–H and O–H groups in total. The third kappa shape index (κ3) is 4.77. The summed E-state index contributed by atoms with van der Waals surface area (Å²) in [6, 6.07) is 4.79. The molecule has 0 aliphatic heterocycles. The molecule has 1 saturated carbocycles. The molecule has 0 radical (unpaired) electrons. The average molecular weight is 331 g/mol. The zero-order chi connectivity index (χ0) is 15.4. The van der Waals surface area contributed by atoms with Gasteiger partial charge < -0.3 is 15.7 Å². The minimum Gasteiger partial charge on any atom is -0.393 e. The standard InChI is InChI=1S/C15H20Cl2N2O2/c1-9(13-5-3-11(16)7-14(13)17)19-15(21)18-8-10-2-4-12(20)6-10/h3,5,7,9-10,12,20H,2,4,6,8H2,1H3,(H2,18,19,21)/t9-,10+,12+/m0/s1. The maximum absolute atomic E-state index is 11.9. The molecule has 1 fully saturated rings. The number of urea groups is 1. The van der Waals surface area contributed by atoms with Crippen molar-refractivity contribution in [1.82, 2.24) is 10.6 Å². The Balaban J connectivity index is 1.81. The van der Waals surface area contributed by atoms with Crippen LogP contribution in [0, 0.1) is 5.92 Å². The molecular weight excluding hydrogens is 311 g/mol. The van der Waals surface area contributed by atoms with Crippen molar-refractivity contribution in [2.24, 2.45) is 5.92 Å². The molecule has 2 rings (SSSR count). The summed E-state index contributed by atoms with van der Waals surface area (Å²) in [6.07, 6.45) is 2.33. The van der Waals surface area contributed by atoms with Crippen molar-refractivity contribution in [3.63, 3.8) is 0 Å². The lowest BCUT2D eigenvalue weighted by Crippen LogP contribution is -2.39. The van der Waals surface area contributed by atoms with E-state index in [9.17, 15) is 9.90 Å². The topological polar surface area (TPSA) is 61.4 Å². The molecule has 6 heteroatoms. The van der Waals surface area contributed by atoms with Crippen molar-refractivity contribution in [3.8, 4) is 0 Å². The smallest absolute Gasteiger partial charge is 0.315 e. The van der Waals surface area contributed by atoms with Crippen LogP contribution in [-0.2, 0) is 0 Å². The summed E-state index contributed by atoms with van der Waals surface area (Å²) >= 11 is 12.0. The molecule has 0 heterocycles. The Morgan fingerprint density at radius 3 is 2.81 bits per heavy atom. The van der Waals surface area contributed by atoms with Crippen LogP contribution in [0.15, 0.2) is 18.2 Å². The van der Waals surface area contributed by atoms with Gasteiger partial charge in [-0.2, -0.15) is 0 Å². The first-order valence-electron chi connectivity index (χ1n) is 7.13. The monoisotopic (exact) mass is 330 g/mol. The second-order valence-electron chi connectivity index (χ2n) is 5.57. The van der Waals surface area contributed by atoms with Gasteiger partial charge in [-0.1, -0.05) is 29.3 Å². The molecular formula is C15H20Cl2N2O2. The van der Waals surface area contributed by atoms with Crippen molar-refractivity contribution >= 4 is 29.2 Å². The summed E-state index contributed by atoms with van der Waals surface area (Å²) in [6.45, 7) is 2.46. The van der Waals surface area contributed by atoms with E-state index < -0.39 is 0 Å². The summed E-state index contributed by atoms with van der Waals surface area (Å²) in [5, 5.41) is 16.3. The summed E-state index contributed by atoms with van der Waals surface area (Å²) in [7, 11) is 0. The van der Waals surface area contributed by atoms with Crippen LogP contribution in [0.3, 0.4) is 0 Å². The van der Waals surface area contributed by atoms with Gasteiger partial charge in [0.1, 0.15) is 0 Å². The molecule has 4 nitrogen and oxygen atoms in total. The van der Waals surface area contributed by atoms with Crippen LogP contribution < -0.4 is 10.6 Å². The number of nitrogens with one attached hydrogen (secondary N) is 2. The fourth-order valence-electron chi connectivity index (χ4n) is 2.65. The van der Waals surface area contributed by atoms with Crippen LogP contribution in [-0.4, -0.2) is 23.8 Å². The number of amides is 2. The Morgan fingerprint density at radius 1 is 1.43 bits per heavy atom. The fourth-order valence-corrected chi connectivity index (χ4v) is 3.22. The minimum absolute atomic E-state index is 0.205. The normalized spacial score (nSPS) is 22.9. The van der Waals surface area contributed by atoms with E-state index >= 15 is 0 Å². The largest absolute Gasteiger partial charge is 0.393 e. The quantitative estimate of drug-likeness (QED) is 0.791. The number of carbonyl (C=O) groups excluding carboxylic acids is 1. The Labute approximate surface area is 134 Å². The van der Waals surface area contributed by atoms with E-state index in [4.69, 9.17) is 23.2 Å². The number of rotatable bonds is 4. The zero-order valence-electron chi connectivity index (χ0n) is 11.9. The average Bonchev–Trinajstić information content (AvgIpc) is 2.82. The summed E-state index contributed by atoms with van der Waals surface area (Å²) < 4.78 is 0. The third-order valence-electron chi connectivity index (χ3n) is 3.84. The van der Waals surface area contributed by atoms with Gasteiger partial charge in [-0.05, 0) is 49.8 Å². The van der Waals surface area contributed by atoms with Crippen LogP contribution in [0.5, 0.6) is 0 Å². The van der Waals surface area contributed by atoms with E-state index in [0.29, 0.717) is 22.5 Å². The van der Waals surface area contributed by atoms with E-state index in [0.717, 1.165) is 24.8 Å². The second-order valence-corrected chi connectivity index (χ2v) is 6.42. The fraction of sp³-hybridized carbons (Fsp3) is 0.533. The van der Waals surface area contributed by atoms with Gasteiger partial charge in [0.15, 0.2) is 0 Å². The molecule has 3 atom stereocenters. The van der Waals surface area contributed by atoms with Crippen molar-refractivity contribution in [3.05, 3.63) is 33.8 Å². The number of halogens is 2. The number of aliphatic hydroxyl groups excluding tert-OH is 1. The predicted octanol–water partition coefficient (Wildman–Crippen LogP) is 3.51. The Hall–Kier alpha value is -0.970. The van der Waals surface area contributed by atoms with Crippen LogP contribution in [0.2, 0.25) is 10.0 Å². The van der Waals surface area contributed by atoms with Crippen LogP contribution in [0.4, 0.5) is 4.79 Å². The number of carbonyl (C=O) groups is 1. The lowest BCUT2D eigenvalue weighted by atomic mass is 10.1. The molecule has 0 spiro atoms. The molecule has 1 aromatic carbocycles. The molecule has 0 bridgehead atoms. The van der Waals surface area contributed by atoms with Crippen LogP contribution in [0.25, 0.3) is 0 Å². The van der Waals surface area contributed by atoms with Gasteiger partial charge in [-0.25, -0.2) is 4.79 Å². The highest BCUT2D eigenvalue weighted by atomic mass is 35.5. The molecule has 116 valence electrons. The van der Waals surface area contributed by atoms with Gasteiger partial charge in [0.25, 0.3) is 0 Å². The maximum atomic E-state index is 11.9. The Kier molecular flexibility index (Phi) is 5.73. The van der Waals surface area contributed by atoms with E-state index in [2.05, 4.69) is 10.6 Å². The highest BCUT2D eigenvalue weighted by molar-refractivity contribution is 6.35. The van der Waals surface area contributed by atoms with E-state index in [1.807, 2.05) is 13.0 Å². The van der Waals surface area contributed by atoms with Crippen LogP contribution >= 0.6 is 23.2 Å². The molecule has 21 heavy (non-hydrogen) atoms. The lowest BCUT2D eigenvalue weighted by Gasteiger charge is -2.17. The minimum atomic E-state index is -0.227. The number of hydrogen-bond acceptors (Lipinski definition) is 2. The zero-order valence-corrected chi connectivity index (χ0v) is 13.4. The summed E-state index contributed by atoms with van der Waals surface area (Å²) in [5.74, 6) is 0.361. The molecule has 0 saturated heterocycles. The first-order valence-corrected chi connectivity index (χ1v) is 7.88. The van der Waals surface area contributed by atoms with E-state index in [1.165, 1.54) is 0 Å². The highest BCUT2D eigenvalue weighted by Gasteiger charge is 2.23. The summed E-state index contributed by atoms with van der Waals surface area (Å²) in [4.78, 5) is 11.9. The van der Waals surface area contributed by atoms with Gasteiger partial charge in [0, 0.05) is 16.6 Å². The number of benzene rings is 1. The molecule has 1 aliphatic rings. The van der Waals surface area contributed by atoms with Crippen molar-refractivity contribution in [1.29, 1.82) is 0 Å². The van der Waals surface area contributed by atoms with Crippen molar-refractivity contribution in [2.45, 2.75) is 38.3 Å². The second kappa shape index (κ2) is 7.34. The van der Waals surface area contributed by atoms with Gasteiger partial charge in [0.2, 0.25) is 0 Å². The first kappa shape index (κ1) is 16.4. The van der Waals surface area contributed by atoms with E-state index in [1.54, 1.807) is 12.1 Å². The van der Waals surface area contributed by atoms with Crippen LogP contribution in [0.1, 0.15) is 37.8 Å². The van der Waals surface area contributed by atoms with Crippen molar-refractivity contribution < 1.29 is 9.90 Å². The van der Waals surface area contributed by atoms with Gasteiger partial charge in [-0.3, -0.25) is 0 Å². The van der Waals surface area contributed by atoms with Gasteiger partial charge in [0.05, 0.1) is 12.1 Å². The Bertz CT molecular complexity index is 510. The first-order chi connectivity index (χ1) is 9.95. The number of aliphatic hydroxyl groups is 1. The number of hydrogen-bond donors (Lipinski definition) is 3. The lowest BCUT2D eigenvalue weighted by molar-refractivity contribution is 0.177. The maximum Gasteiger partial charge on any atom is 0.315 e. The Morgan fingerprint density at radius 2 is 2.19 bits per heavy atom. The molecule has 1 aliphatic carbocycles. The van der Waals surface area contributed by atoms with Crippen molar-refractivity contribution in [2.75, 3.05) is 6.54 Å². The van der Waals surface area contributed by atoms with Gasteiger partial charge >= 0.3 is 6.03 Å². The van der Waals surface area contributed by atoms with E-state index in [-0.39, 0.29) is 18.2 Å². The molecule has 2 amide bonds. The third-order valence-corrected chi connectivity index (χ3v) is 4.40.